The number of hydrogen-bond acceptors (Lipinski definition) is 2. The zero-order chi connectivity index (χ0) is 14.3. The number of anilines is 1. The molecule has 2 rings (SSSR count). The Bertz CT molecular complexity index is 434. The zero-order valence-electron chi connectivity index (χ0n) is 9.48. The normalized spacial score (nSPS) is 16.6. The Kier molecular flexibility index (Phi) is 3.42. The lowest BCUT2D eigenvalue weighted by atomic mass is 9.90. The molecule has 0 N–H and O–H groups in total. The minimum atomic E-state index is -4.84. The van der Waals surface area contributed by atoms with Gasteiger partial charge >= 0.3 is 12.4 Å². The van der Waals surface area contributed by atoms with Gasteiger partial charge in [-0.15, -0.1) is 0 Å². The molecule has 1 aromatic rings. The Hall–Kier alpha value is -1.38. The second-order valence-corrected chi connectivity index (χ2v) is 4.05. The van der Waals surface area contributed by atoms with Gasteiger partial charge in [0.1, 0.15) is 0 Å². The van der Waals surface area contributed by atoms with E-state index in [0.29, 0.717) is 18.5 Å². The Morgan fingerprint density at radius 3 is 1.84 bits per heavy atom. The van der Waals surface area contributed by atoms with Gasteiger partial charge in [-0.1, -0.05) is 0 Å². The van der Waals surface area contributed by atoms with Crippen LogP contribution in [0.5, 0.6) is 0 Å². The molecule has 0 aliphatic carbocycles. The van der Waals surface area contributed by atoms with Crippen LogP contribution in [0.1, 0.15) is 11.1 Å². The van der Waals surface area contributed by atoms with E-state index in [1.807, 2.05) is 0 Å². The molecular formula is C10H8BF6NO. The first-order valence-electron chi connectivity index (χ1n) is 5.38. The lowest BCUT2D eigenvalue weighted by Gasteiger charge is -2.20. The summed E-state index contributed by atoms with van der Waals surface area (Å²) in [4.78, 5) is 6.02. The Balaban J connectivity index is 2.48. The van der Waals surface area contributed by atoms with Crippen LogP contribution in [0.15, 0.2) is 18.2 Å². The monoisotopic (exact) mass is 283 g/mol. The molecule has 0 radical (unpaired) electrons. The second-order valence-electron chi connectivity index (χ2n) is 4.05. The van der Waals surface area contributed by atoms with E-state index in [1.54, 1.807) is 0 Å². The van der Waals surface area contributed by atoms with Crippen LogP contribution in [0.25, 0.3) is 0 Å². The molecule has 9 heteroatoms. The number of hydrogen-bond donors (Lipinski definition) is 0. The van der Waals surface area contributed by atoms with Crippen molar-refractivity contribution in [3.05, 3.63) is 29.3 Å². The first-order valence-corrected chi connectivity index (χ1v) is 5.38. The lowest BCUT2D eigenvalue weighted by molar-refractivity contribution is -0.143. The summed E-state index contributed by atoms with van der Waals surface area (Å²) in [5, 5.41) is 0. The molecule has 0 bridgehead atoms. The molecular weight excluding hydrogens is 275 g/mol. The molecule has 19 heavy (non-hydrogen) atoms. The highest BCUT2D eigenvalue weighted by atomic mass is 19.4. The number of benzene rings is 1. The maximum Gasteiger partial charge on any atom is 0.416 e. The van der Waals surface area contributed by atoms with E-state index in [4.69, 9.17) is 4.84 Å². The SMILES string of the molecule is FC(F)(F)c1cc(N2BCCO2)cc(C(F)(F)F)c1. The molecule has 0 aromatic heterocycles. The molecule has 2 nitrogen and oxygen atoms in total. The highest BCUT2D eigenvalue weighted by Crippen LogP contribution is 2.38. The molecule has 1 aromatic carbocycles. The summed E-state index contributed by atoms with van der Waals surface area (Å²) in [6.45, 7) is 0.275. The van der Waals surface area contributed by atoms with Gasteiger partial charge in [0, 0.05) is 5.69 Å². The van der Waals surface area contributed by atoms with Crippen LogP contribution >= 0.6 is 0 Å². The minimum absolute atomic E-state index is 0.0968. The summed E-state index contributed by atoms with van der Waals surface area (Å²) in [5.74, 6) is 0. The van der Waals surface area contributed by atoms with Gasteiger partial charge in [-0.05, 0) is 24.5 Å². The summed E-state index contributed by atoms with van der Waals surface area (Å²) in [7, 11) is 0.263. The average Bonchev–Trinajstić information content (AvgIpc) is 2.79. The van der Waals surface area contributed by atoms with Crippen LogP contribution in [0.4, 0.5) is 32.0 Å². The molecule has 1 aliphatic heterocycles. The third-order valence-corrected chi connectivity index (χ3v) is 2.61. The topological polar surface area (TPSA) is 12.5 Å². The van der Waals surface area contributed by atoms with Crippen LogP contribution in [0, 0.1) is 0 Å². The molecule has 1 fully saturated rings. The molecule has 1 saturated heterocycles. The van der Waals surface area contributed by atoms with Crippen molar-refractivity contribution in [2.24, 2.45) is 0 Å². The van der Waals surface area contributed by atoms with Gasteiger partial charge in [0.15, 0.2) is 0 Å². The number of halogens is 6. The minimum Gasteiger partial charge on any atom is -0.305 e. The molecule has 1 aliphatic rings. The van der Waals surface area contributed by atoms with Crippen molar-refractivity contribution in [3.8, 4) is 0 Å². The standard InChI is InChI=1S/C10H8BF6NO/c12-9(13,14)6-3-7(10(15,16)17)5-8(4-6)18-11-1-2-19-18/h3-5,11H,1-2H2. The fourth-order valence-corrected chi connectivity index (χ4v) is 1.73. The van der Waals surface area contributed by atoms with Crippen LogP contribution in [0.2, 0.25) is 6.32 Å². The predicted molar refractivity (Wildman–Crippen MR) is 56.8 cm³/mol. The molecule has 0 unspecified atom stereocenters. The Labute approximate surface area is 105 Å². The van der Waals surface area contributed by atoms with Gasteiger partial charge in [-0.25, -0.2) is 0 Å². The number of alkyl halides is 6. The maximum atomic E-state index is 12.6. The smallest absolute Gasteiger partial charge is 0.305 e. The van der Waals surface area contributed by atoms with Crippen molar-refractivity contribution >= 4 is 13.1 Å². The van der Waals surface area contributed by atoms with E-state index in [0.717, 1.165) is 4.97 Å². The summed E-state index contributed by atoms with van der Waals surface area (Å²) in [5.41, 5.74) is -2.92. The number of nitrogens with zero attached hydrogens (tertiary/aromatic N) is 1. The van der Waals surface area contributed by atoms with Crippen LogP contribution in [-0.2, 0) is 17.2 Å². The fraction of sp³-hybridized carbons (Fsp3) is 0.400. The predicted octanol–water partition coefficient (Wildman–Crippen LogP) is 3.25. The van der Waals surface area contributed by atoms with Crippen molar-refractivity contribution < 1.29 is 31.2 Å². The third-order valence-electron chi connectivity index (χ3n) is 2.61. The van der Waals surface area contributed by atoms with Crippen LogP contribution in [-0.4, -0.2) is 14.0 Å². The van der Waals surface area contributed by atoms with E-state index >= 15 is 0 Å². The Morgan fingerprint density at radius 2 is 1.47 bits per heavy atom. The summed E-state index contributed by atoms with van der Waals surface area (Å²) in [6, 6.07) is 1.40. The Morgan fingerprint density at radius 1 is 0.947 bits per heavy atom. The van der Waals surface area contributed by atoms with Crippen LogP contribution < -0.4 is 4.97 Å². The van der Waals surface area contributed by atoms with Gasteiger partial charge in [0.2, 0.25) is 0 Å². The zero-order valence-corrected chi connectivity index (χ0v) is 9.48. The molecule has 104 valence electrons. The summed E-state index contributed by atoms with van der Waals surface area (Å²) >= 11 is 0. The molecule has 0 amide bonds. The van der Waals surface area contributed by atoms with Gasteiger partial charge in [-0.3, -0.25) is 4.84 Å². The van der Waals surface area contributed by atoms with E-state index in [9.17, 15) is 26.3 Å². The second kappa shape index (κ2) is 4.62. The van der Waals surface area contributed by atoms with Gasteiger partial charge in [0.25, 0.3) is 7.41 Å². The number of rotatable bonds is 1. The molecule has 0 atom stereocenters. The van der Waals surface area contributed by atoms with E-state index in [-0.39, 0.29) is 25.8 Å². The summed E-state index contributed by atoms with van der Waals surface area (Å²) < 4.78 is 75.6. The molecule has 0 saturated carbocycles. The highest BCUT2D eigenvalue weighted by molar-refractivity contribution is 6.41. The largest absolute Gasteiger partial charge is 0.416 e. The maximum absolute atomic E-state index is 12.6. The van der Waals surface area contributed by atoms with Crippen molar-refractivity contribution in [1.29, 1.82) is 0 Å². The van der Waals surface area contributed by atoms with Crippen LogP contribution in [0.3, 0.4) is 0 Å². The van der Waals surface area contributed by atoms with E-state index in [2.05, 4.69) is 0 Å². The van der Waals surface area contributed by atoms with Crippen molar-refractivity contribution in [3.63, 3.8) is 0 Å². The first-order chi connectivity index (χ1) is 8.68. The average molecular weight is 283 g/mol. The quantitative estimate of drug-likeness (QED) is 0.579. The van der Waals surface area contributed by atoms with Gasteiger partial charge in [-0.2, -0.15) is 26.3 Å². The van der Waals surface area contributed by atoms with Crippen molar-refractivity contribution in [2.45, 2.75) is 18.7 Å². The van der Waals surface area contributed by atoms with E-state index < -0.39 is 23.5 Å². The van der Waals surface area contributed by atoms with E-state index in [1.165, 1.54) is 0 Å². The molecule has 1 heterocycles. The van der Waals surface area contributed by atoms with Crippen molar-refractivity contribution in [2.75, 3.05) is 11.6 Å². The third kappa shape index (κ3) is 3.15. The van der Waals surface area contributed by atoms with Gasteiger partial charge < -0.3 is 4.97 Å². The van der Waals surface area contributed by atoms with Gasteiger partial charge in [0.05, 0.1) is 17.7 Å². The first kappa shape index (κ1) is 14.0. The highest BCUT2D eigenvalue weighted by Gasteiger charge is 2.37. The van der Waals surface area contributed by atoms with Crippen molar-refractivity contribution in [1.82, 2.24) is 0 Å². The lowest BCUT2D eigenvalue weighted by Crippen LogP contribution is -2.21. The summed E-state index contributed by atoms with van der Waals surface area (Å²) in [6.07, 6.45) is -9.12. The fourth-order valence-electron chi connectivity index (χ4n) is 1.73. The molecule has 0 spiro atoms.